The SMILES string of the molecule is CC1(c2ccc3c(c2)sc2ccccc23)c2ccccc2C2(c3ccccc3-c3ccc(N(c4ccccc4)c4c5ccccc5cc5c4oc4cccc(N(c6ccccc6)c6ccccc6)c45)cc32)c2ccccc21. The molecule has 0 atom stereocenters. The normalized spacial score (nSPS) is 16.2. The first-order valence-corrected chi connectivity index (χ1v) is 27.4. The van der Waals surface area contributed by atoms with Gasteiger partial charge in [0.1, 0.15) is 5.58 Å². The molecule has 14 aromatic rings. The number of nitrogens with zero attached hydrogens (tertiary/aromatic N) is 2. The number of furan rings is 1. The first-order chi connectivity index (χ1) is 38.1. The Morgan fingerprint density at radius 2 is 0.922 bits per heavy atom. The van der Waals surface area contributed by atoms with Crippen LogP contribution < -0.4 is 9.80 Å². The van der Waals surface area contributed by atoms with Gasteiger partial charge in [0.25, 0.3) is 0 Å². The fraction of sp³-hybridized carbons (Fsp3) is 0.0411. The van der Waals surface area contributed by atoms with E-state index in [4.69, 9.17) is 4.42 Å². The van der Waals surface area contributed by atoms with Crippen LogP contribution in [-0.4, -0.2) is 0 Å². The van der Waals surface area contributed by atoms with Gasteiger partial charge >= 0.3 is 0 Å². The molecule has 0 fully saturated rings. The topological polar surface area (TPSA) is 19.6 Å². The molecule has 0 saturated carbocycles. The predicted octanol–water partition coefficient (Wildman–Crippen LogP) is 20.1. The molecule has 3 nitrogen and oxygen atoms in total. The highest BCUT2D eigenvalue weighted by atomic mass is 32.1. The Labute approximate surface area is 450 Å². The summed E-state index contributed by atoms with van der Waals surface area (Å²) in [5.41, 5.74) is 18.5. The maximum atomic E-state index is 7.37. The predicted molar refractivity (Wildman–Crippen MR) is 323 cm³/mol. The number of para-hydroxylation sites is 3. The van der Waals surface area contributed by atoms with Crippen molar-refractivity contribution in [3.63, 3.8) is 0 Å². The first kappa shape index (κ1) is 43.9. The van der Waals surface area contributed by atoms with Gasteiger partial charge in [0.15, 0.2) is 5.58 Å². The summed E-state index contributed by atoms with van der Waals surface area (Å²) in [4.78, 5) is 4.81. The molecule has 0 radical (unpaired) electrons. The molecule has 0 unspecified atom stereocenters. The minimum atomic E-state index is -0.640. The maximum absolute atomic E-state index is 7.37. The lowest BCUT2D eigenvalue weighted by Gasteiger charge is -2.48. The maximum Gasteiger partial charge on any atom is 0.160 e. The third-order valence-electron chi connectivity index (χ3n) is 17.0. The van der Waals surface area contributed by atoms with Gasteiger partial charge in [-0.25, -0.2) is 0 Å². The van der Waals surface area contributed by atoms with E-state index in [0.717, 1.165) is 66.8 Å². The van der Waals surface area contributed by atoms with Gasteiger partial charge in [-0.05, 0) is 141 Å². The van der Waals surface area contributed by atoms with Crippen molar-refractivity contribution in [2.45, 2.75) is 17.8 Å². The quantitative estimate of drug-likeness (QED) is 0.159. The molecule has 2 aliphatic carbocycles. The summed E-state index contributed by atoms with van der Waals surface area (Å²) in [6.07, 6.45) is 0. The van der Waals surface area contributed by atoms with Gasteiger partial charge in [0.2, 0.25) is 0 Å². The second-order valence-corrected chi connectivity index (χ2v) is 21.9. The smallest absolute Gasteiger partial charge is 0.160 e. The monoisotopic (exact) mass is 1000 g/mol. The number of fused-ring (bicyclic) bond motifs is 16. The molecule has 12 aromatic carbocycles. The molecule has 0 bridgehead atoms. The molecular formula is C73H48N2OS. The van der Waals surface area contributed by atoms with Crippen LogP contribution in [0.4, 0.5) is 34.1 Å². The number of thiophene rings is 1. The summed E-state index contributed by atoms with van der Waals surface area (Å²) >= 11 is 1.89. The zero-order valence-corrected chi connectivity index (χ0v) is 43.0. The summed E-state index contributed by atoms with van der Waals surface area (Å²) in [6.45, 7) is 2.46. The van der Waals surface area contributed by atoms with Crippen molar-refractivity contribution >= 4 is 98.3 Å². The number of benzene rings is 12. The molecule has 0 saturated heterocycles. The van der Waals surface area contributed by atoms with Gasteiger partial charge in [-0.15, -0.1) is 11.3 Å². The Morgan fingerprint density at radius 3 is 1.62 bits per heavy atom. The summed E-state index contributed by atoms with van der Waals surface area (Å²) in [6, 6.07) is 101. The van der Waals surface area contributed by atoms with E-state index in [0.29, 0.717) is 0 Å². The molecule has 77 heavy (non-hydrogen) atoms. The minimum absolute atomic E-state index is 0.459. The summed E-state index contributed by atoms with van der Waals surface area (Å²) in [5.74, 6) is 0. The van der Waals surface area contributed by atoms with Gasteiger partial charge in [0.05, 0.1) is 22.2 Å². The molecule has 4 heteroatoms. The molecule has 0 amide bonds. The highest BCUT2D eigenvalue weighted by Crippen LogP contribution is 2.64. The molecular weight excluding hydrogens is 953 g/mol. The number of rotatable bonds is 7. The van der Waals surface area contributed by atoms with E-state index in [-0.39, 0.29) is 0 Å². The first-order valence-electron chi connectivity index (χ1n) is 26.6. The Kier molecular flexibility index (Phi) is 9.55. The average Bonchev–Trinajstić information content (AvgIpc) is 3.93. The van der Waals surface area contributed by atoms with Crippen molar-refractivity contribution in [2.75, 3.05) is 9.80 Å². The third-order valence-corrected chi connectivity index (χ3v) is 18.1. The van der Waals surface area contributed by atoms with Crippen LogP contribution in [-0.2, 0) is 10.8 Å². The summed E-state index contributed by atoms with van der Waals surface area (Å²) < 4.78 is 10.00. The molecule has 16 rings (SSSR count). The van der Waals surface area contributed by atoms with E-state index in [1.807, 2.05) is 11.3 Å². The molecule has 1 spiro atoms. The second-order valence-electron chi connectivity index (χ2n) is 20.8. The molecule has 2 heterocycles. The standard InChI is InChI=1S/C73H48N2OS/c1-72(48-40-42-57-56-31-14-20-39-67(56)77-68(57)45-48)60-33-16-18-35-62(60)73(63-36-19-17-34-61(63)72)59-32-15-13-30-54(59)55-43-41-52(46-64(55)73)75(51-27-9-4-10-28-51)70-53-29-12-11-22-47(53)44-58-69-65(37-21-38-66(69)76-71(58)70)74(49-23-5-2-6-24-49)50-25-7-3-8-26-50/h2-46H,1H3. The van der Waals surface area contributed by atoms with Crippen LogP contribution in [0.5, 0.6) is 0 Å². The lowest BCUT2D eigenvalue weighted by atomic mass is 9.53. The van der Waals surface area contributed by atoms with E-state index in [1.165, 1.54) is 70.2 Å². The summed E-state index contributed by atoms with van der Waals surface area (Å²) in [7, 11) is 0. The van der Waals surface area contributed by atoms with Crippen molar-refractivity contribution in [3.05, 3.63) is 312 Å². The van der Waals surface area contributed by atoms with E-state index >= 15 is 0 Å². The van der Waals surface area contributed by atoms with Gasteiger partial charge in [-0.2, -0.15) is 0 Å². The van der Waals surface area contributed by atoms with E-state index in [9.17, 15) is 0 Å². The van der Waals surface area contributed by atoms with Crippen LogP contribution in [0.1, 0.15) is 45.9 Å². The molecule has 362 valence electrons. The number of hydrogen-bond donors (Lipinski definition) is 0. The minimum Gasteiger partial charge on any atom is -0.454 e. The van der Waals surface area contributed by atoms with Crippen molar-refractivity contribution in [2.24, 2.45) is 0 Å². The van der Waals surface area contributed by atoms with Gasteiger partial charge in [-0.3, -0.25) is 0 Å². The van der Waals surface area contributed by atoms with E-state index in [2.05, 4.69) is 290 Å². The molecule has 2 aliphatic rings. The zero-order chi connectivity index (χ0) is 50.8. The molecule has 2 aromatic heterocycles. The highest BCUT2D eigenvalue weighted by molar-refractivity contribution is 7.25. The Hall–Kier alpha value is -9.48. The number of hydrogen-bond acceptors (Lipinski definition) is 4. The highest BCUT2D eigenvalue weighted by Gasteiger charge is 2.55. The largest absolute Gasteiger partial charge is 0.454 e. The van der Waals surface area contributed by atoms with Crippen LogP contribution in [0.2, 0.25) is 0 Å². The summed E-state index contributed by atoms with van der Waals surface area (Å²) in [5, 5.41) is 6.98. The van der Waals surface area contributed by atoms with Gasteiger partial charge in [0, 0.05) is 59.1 Å². The lowest BCUT2D eigenvalue weighted by molar-refractivity contribution is 0.596. The van der Waals surface area contributed by atoms with Crippen LogP contribution in [0.25, 0.3) is 64.0 Å². The van der Waals surface area contributed by atoms with Crippen molar-refractivity contribution in [1.82, 2.24) is 0 Å². The molecule has 0 aliphatic heterocycles. The zero-order valence-electron chi connectivity index (χ0n) is 42.2. The molecule has 0 N–H and O–H groups in total. The van der Waals surface area contributed by atoms with Crippen LogP contribution in [0.3, 0.4) is 0 Å². The average molecular weight is 1000 g/mol. The van der Waals surface area contributed by atoms with Crippen LogP contribution in [0, 0.1) is 0 Å². The van der Waals surface area contributed by atoms with E-state index in [1.54, 1.807) is 0 Å². The van der Waals surface area contributed by atoms with Crippen molar-refractivity contribution in [3.8, 4) is 11.1 Å². The van der Waals surface area contributed by atoms with Crippen LogP contribution >= 0.6 is 11.3 Å². The Balaban J connectivity index is 0.960. The van der Waals surface area contributed by atoms with Gasteiger partial charge in [-0.1, -0.05) is 194 Å². The Morgan fingerprint density at radius 1 is 0.364 bits per heavy atom. The van der Waals surface area contributed by atoms with Gasteiger partial charge < -0.3 is 14.2 Å². The Bertz CT molecular complexity index is 4580. The van der Waals surface area contributed by atoms with Crippen molar-refractivity contribution < 1.29 is 4.42 Å². The number of anilines is 6. The van der Waals surface area contributed by atoms with Crippen LogP contribution in [0.15, 0.2) is 277 Å². The fourth-order valence-electron chi connectivity index (χ4n) is 13.7. The second kappa shape index (κ2) is 16.8. The van der Waals surface area contributed by atoms with Crippen molar-refractivity contribution in [1.29, 1.82) is 0 Å². The lowest BCUT2D eigenvalue weighted by Crippen LogP contribution is -2.42. The van der Waals surface area contributed by atoms with E-state index < -0.39 is 10.8 Å². The third kappa shape index (κ3) is 6.19. The fourth-order valence-corrected chi connectivity index (χ4v) is 14.8.